The number of benzene rings is 1. The second-order valence-electron chi connectivity index (χ2n) is 5.97. The molecule has 2 aromatic rings. The molecule has 1 unspecified atom stereocenters. The molecule has 1 aromatic heterocycles. The van der Waals surface area contributed by atoms with Gasteiger partial charge in [0.1, 0.15) is 0 Å². The maximum atomic E-state index is 3.63. The van der Waals surface area contributed by atoms with Crippen LogP contribution in [0.3, 0.4) is 0 Å². The number of halogens is 1. The van der Waals surface area contributed by atoms with Crippen LogP contribution in [0.25, 0.3) is 0 Å². The SMILES string of the molecule is CCNC(c1ccc(Br)s1)c1ccccc1C(C)(C)C. The van der Waals surface area contributed by atoms with Crippen molar-refractivity contribution in [2.45, 2.75) is 39.2 Å². The molecule has 0 amide bonds. The minimum atomic E-state index is 0.152. The predicted molar refractivity (Wildman–Crippen MR) is 92.7 cm³/mol. The summed E-state index contributed by atoms with van der Waals surface area (Å²) < 4.78 is 1.18. The lowest BCUT2D eigenvalue weighted by Gasteiger charge is -2.27. The molecule has 0 aliphatic carbocycles. The molecule has 1 nitrogen and oxygen atoms in total. The van der Waals surface area contributed by atoms with E-state index in [0.717, 1.165) is 6.54 Å². The maximum absolute atomic E-state index is 3.63. The first-order valence-corrected chi connectivity index (χ1v) is 8.62. The van der Waals surface area contributed by atoms with Gasteiger partial charge in [-0.05, 0) is 51.1 Å². The highest BCUT2D eigenvalue weighted by atomic mass is 79.9. The molecule has 1 heterocycles. The van der Waals surface area contributed by atoms with Crippen molar-refractivity contribution >= 4 is 27.3 Å². The molecule has 108 valence electrons. The van der Waals surface area contributed by atoms with Crippen LogP contribution in [0.4, 0.5) is 0 Å². The largest absolute Gasteiger partial charge is 0.306 e. The van der Waals surface area contributed by atoms with Gasteiger partial charge in [-0.15, -0.1) is 11.3 Å². The molecule has 0 radical (unpaired) electrons. The fraction of sp³-hybridized carbons (Fsp3) is 0.412. The summed E-state index contributed by atoms with van der Waals surface area (Å²) in [5, 5.41) is 3.63. The minimum absolute atomic E-state index is 0.152. The van der Waals surface area contributed by atoms with E-state index < -0.39 is 0 Å². The molecule has 1 N–H and O–H groups in total. The van der Waals surface area contributed by atoms with Crippen LogP contribution in [0.1, 0.15) is 49.7 Å². The third-order valence-corrected chi connectivity index (χ3v) is 5.06. The van der Waals surface area contributed by atoms with Gasteiger partial charge in [-0.3, -0.25) is 0 Å². The van der Waals surface area contributed by atoms with Gasteiger partial charge >= 0.3 is 0 Å². The zero-order valence-corrected chi connectivity index (χ0v) is 14.9. The fourth-order valence-corrected chi connectivity index (χ4v) is 4.00. The van der Waals surface area contributed by atoms with E-state index in [1.54, 1.807) is 11.3 Å². The lowest BCUT2D eigenvalue weighted by molar-refractivity contribution is 0.559. The van der Waals surface area contributed by atoms with E-state index in [1.807, 2.05) is 0 Å². The van der Waals surface area contributed by atoms with Gasteiger partial charge in [-0.1, -0.05) is 52.0 Å². The summed E-state index contributed by atoms with van der Waals surface area (Å²) in [6.45, 7) is 9.95. The molecule has 20 heavy (non-hydrogen) atoms. The summed E-state index contributed by atoms with van der Waals surface area (Å²) in [5.41, 5.74) is 2.95. The second-order valence-corrected chi connectivity index (χ2v) is 8.46. The number of thiophene rings is 1. The van der Waals surface area contributed by atoms with Crippen LogP contribution >= 0.6 is 27.3 Å². The van der Waals surface area contributed by atoms with Gasteiger partial charge in [0.05, 0.1) is 9.83 Å². The van der Waals surface area contributed by atoms with Gasteiger partial charge in [-0.25, -0.2) is 0 Å². The lowest BCUT2D eigenvalue weighted by Crippen LogP contribution is -2.25. The molecule has 1 atom stereocenters. The Kier molecular flexibility index (Phi) is 5.05. The average molecular weight is 352 g/mol. The first-order chi connectivity index (χ1) is 9.43. The summed E-state index contributed by atoms with van der Waals surface area (Å²) in [4.78, 5) is 1.36. The predicted octanol–water partition coefficient (Wildman–Crippen LogP) is 5.51. The van der Waals surface area contributed by atoms with Gasteiger partial charge in [0.15, 0.2) is 0 Å². The molecule has 3 heteroatoms. The van der Waals surface area contributed by atoms with Crippen LogP contribution in [-0.2, 0) is 5.41 Å². The van der Waals surface area contributed by atoms with E-state index in [1.165, 1.54) is 19.8 Å². The van der Waals surface area contributed by atoms with Gasteiger partial charge in [0, 0.05) is 4.88 Å². The maximum Gasteiger partial charge on any atom is 0.0702 e. The summed E-state index contributed by atoms with van der Waals surface area (Å²) in [6.07, 6.45) is 0. The first kappa shape index (κ1) is 15.7. The van der Waals surface area contributed by atoms with Gasteiger partial charge in [-0.2, -0.15) is 0 Å². The van der Waals surface area contributed by atoms with Crippen molar-refractivity contribution in [1.29, 1.82) is 0 Å². The van der Waals surface area contributed by atoms with Crippen molar-refractivity contribution in [1.82, 2.24) is 5.32 Å². The van der Waals surface area contributed by atoms with Crippen molar-refractivity contribution in [3.05, 3.63) is 56.2 Å². The minimum Gasteiger partial charge on any atom is -0.306 e. The average Bonchev–Trinajstić information content (AvgIpc) is 2.81. The van der Waals surface area contributed by atoms with E-state index in [9.17, 15) is 0 Å². The zero-order chi connectivity index (χ0) is 14.8. The van der Waals surface area contributed by atoms with Gasteiger partial charge < -0.3 is 5.32 Å². The van der Waals surface area contributed by atoms with Crippen LogP contribution in [0.15, 0.2) is 40.2 Å². The number of hydrogen-bond acceptors (Lipinski definition) is 2. The Morgan fingerprint density at radius 3 is 2.40 bits per heavy atom. The van der Waals surface area contributed by atoms with E-state index in [2.05, 4.69) is 85.3 Å². The summed E-state index contributed by atoms with van der Waals surface area (Å²) in [5.74, 6) is 0. The number of hydrogen-bond donors (Lipinski definition) is 1. The first-order valence-electron chi connectivity index (χ1n) is 7.01. The Morgan fingerprint density at radius 1 is 1.15 bits per heavy atom. The third kappa shape index (κ3) is 3.51. The van der Waals surface area contributed by atoms with Gasteiger partial charge in [0.25, 0.3) is 0 Å². The van der Waals surface area contributed by atoms with Gasteiger partial charge in [0.2, 0.25) is 0 Å². The zero-order valence-electron chi connectivity index (χ0n) is 12.5. The second kappa shape index (κ2) is 6.42. The molecule has 0 fully saturated rings. The topological polar surface area (TPSA) is 12.0 Å². The summed E-state index contributed by atoms with van der Waals surface area (Å²) in [7, 11) is 0. The smallest absolute Gasteiger partial charge is 0.0702 e. The van der Waals surface area contributed by atoms with E-state index in [0.29, 0.717) is 0 Å². The molecule has 0 spiro atoms. The van der Waals surface area contributed by atoms with Crippen LogP contribution in [-0.4, -0.2) is 6.54 Å². The Morgan fingerprint density at radius 2 is 1.85 bits per heavy atom. The Balaban J connectivity index is 2.50. The standard InChI is InChI=1S/C17H22BrNS/c1-5-19-16(14-10-11-15(18)20-14)12-8-6-7-9-13(12)17(2,3)4/h6-11,16,19H,5H2,1-4H3. The van der Waals surface area contributed by atoms with Crippen molar-refractivity contribution in [3.63, 3.8) is 0 Å². The third-order valence-electron chi connectivity index (χ3n) is 3.37. The van der Waals surface area contributed by atoms with Crippen LogP contribution in [0.5, 0.6) is 0 Å². The summed E-state index contributed by atoms with van der Waals surface area (Å²) >= 11 is 5.38. The number of rotatable bonds is 4. The Bertz CT molecular complexity index is 568. The normalized spacial score (nSPS) is 13.4. The van der Waals surface area contributed by atoms with Crippen LogP contribution in [0, 0.1) is 0 Å². The molecule has 0 bridgehead atoms. The van der Waals surface area contributed by atoms with E-state index in [4.69, 9.17) is 0 Å². The fourth-order valence-electron chi connectivity index (χ4n) is 2.48. The van der Waals surface area contributed by atoms with E-state index >= 15 is 0 Å². The molecule has 2 rings (SSSR count). The van der Waals surface area contributed by atoms with E-state index in [-0.39, 0.29) is 11.5 Å². The van der Waals surface area contributed by atoms with Crippen molar-refractivity contribution in [3.8, 4) is 0 Å². The Labute approximate surface area is 134 Å². The molecule has 1 aromatic carbocycles. The summed E-state index contributed by atoms with van der Waals surface area (Å²) in [6, 6.07) is 13.4. The highest BCUT2D eigenvalue weighted by Crippen LogP contribution is 2.36. The molecular weight excluding hydrogens is 330 g/mol. The molecule has 0 aliphatic rings. The molecule has 0 saturated heterocycles. The molecule has 0 saturated carbocycles. The lowest BCUT2D eigenvalue weighted by atomic mass is 9.81. The monoisotopic (exact) mass is 351 g/mol. The molecular formula is C17H22BrNS. The van der Waals surface area contributed by atoms with Crippen molar-refractivity contribution in [2.24, 2.45) is 0 Å². The van der Waals surface area contributed by atoms with Crippen molar-refractivity contribution in [2.75, 3.05) is 6.54 Å². The highest BCUT2D eigenvalue weighted by Gasteiger charge is 2.23. The highest BCUT2D eigenvalue weighted by molar-refractivity contribution is 9.11. The Hall–Kier alpha value is -0.640. The van der Waals surface area contributed by atoms with Crippen molar-refractivity contribution < 1.29 is 0 Å². The van der Waals surface area contributed by atoms with Crippen LogP contribution < -0.4 is 5.32 Å². The quantitative estimate of drug-likeness (QED) is 0.765. The molecule has 0 aliphatic heterocycles. The van der Waals surface area contributed by atoms with Crippen LogP contribution in [0.2, 0.25) is 0 Å². The number of nitrogens with one attached hydrogen (secondary N) is 1.